The van der Waals surface area contributed by atoms with Crippen LogP contribution in [0.15, 0.2) is 53.4 Å². The van der Waals surface area contributed by atoms with Crippen LogP contribution in [-0.2, 0) is 10.0 Å². The Bertz CT molecular complexity index is 846. The molecule has 2 N–H and O–H groups in total. The fourth-order valence-electron chi connectivity index (χ4n) is 2.19. The van der Waals surface area contributed by atoms with Crippen molar-refractivity contribution in [3.63, 3.8) is 0 Å². The molecule has 2 aromatic rings. The van der Waals surface area contributed by atoms with E-state index < -0.39 is 15.8 Å². The largest absolute Gasteiger partial charge is 0.352 e. The van der Waals surface area contributed by atoms with E-state index >= 15 is 0 Å². The van der Waals surface area contributed by atoms with Crippen molar-refractivity contribution < 1.29 is 17.6 Å². The zero-order valence-electron chi connectivity index (χ0n) is 12.8. The quantitative estimate of drug-likeness (QED) is 0.843. The third-order valence-corrected chi connectivity index (χ3v) is 5.17. The average molecular weight is 348 g/mol. The smallest absolute Gasteiger partial charge is 0.261 e. The van der Waals surface area contributed by atoms with Gasteiger partial charge in [-0.05, 0) is 55.2 Å². The highest BCUT2D eigenvalue weighted by Gasteiger charge is 2.22. The minimum absolute atomic E-state index is 0.0375. The summed E-state index contributed by atoms with van der Waals surface area (Å²) in [4.78, 5) is 11.9. The van der Waals surface area contributed by atoms with Crippen LogP contribution in [0.1, 0.15) is 23.2 Å². The summed E-state index contributed by atoms with van der Waals surface area (Å²) in [6.45, 7) is 0.647. The molecule has 1 amide bonds. The number of amides is 1. The summed E-state index contributed by atoms with van der Waals surface area (Å²) in [5, 5.41) is 2.81. The van der Waals surface area contributed by atoms with Crippen LogP contribution in [0.25, 0.3) is 0 Å². The van der Waals surface area contributed by atoms with Gasteiger partial charge in [0.25, 0.3) is 15.9 Å². The second-order valence-corrected chi connectivity index (χ2v) is 7.45. The highest BCUT2D eigenvalue weighted by molar-refractivity contribution is 7.92. The minimum atomic E-state index is -3.92. The van der Waals surface area contributed by atoms with Crippen molar-refractivity contribution >= 4 is 21.6 Å². The molecule has 1 saturated carbocycles. The molecule has 2 aromatic carbocycles. The third kappa shape index (κ3) is 3.91. The number of anilines is 1. The maximum Gasteiger partial charge on any atom is 0.261 e. The predicted molar refractivity (Wildman–Crippen MR) is 88.7 cm³/mol. The predicted octanol–water partition coefficient (Wildman–Crippen LogP) is 2.77. The average Bonchev–Trinajstić information content (AvgIpc) is 3.39. The summed E-state index contributed by atoms with van der Waals surface area (Å²) in [6, 6.07) is 11.1. The lowest BCUT2D eigenvalue weighted by atomic mass is 10.2. The van der Waals surface area contributed by atoms with E-state index in [1.54, 1.807) is 0 Å². The molecule has 1 aliphatic rings. The van der Waals surface area contributed by atoms with Crippen molar-refractivity contribution in [1.29, 1.82) is 0 Å². The molecule has 0 unspecified atom stereocenters. The number of hydrogen-bond acceptors (Lipinski definition) is 3. The standard InChI is InChI=1S/C17H17FN2O3S/c18-15-3-1-2-4-16(15)20-24(22,23)14-9-7-13(8-10-14)17(21)19-11-12-5-6-12/h1-4,7-10,12,20H,5-6,11H2,(H,19,21). The Kier molecular flexibility index (Phi) is 4.53. The zero-order chi connectivity index (χ0) is 17.2. The molecule has 0 bridgehead atoms. The summed E-state index contributed by atoms with van der Waals surface area (Å²) in [5.41, 5.74) is 0.268. The van der Waals surface area contributed by atoms with Crippen molar-refractivity contribution in [3.8, 4) is 0 Å². The van der Waals surface area contributed by atoms with Gasteiger partial charge in [0.2, 0.25) is 0 Å². The number of halogens is 1. The van der Waals surface area contributed by atoms with Crippen molar-refractivity contribution in [2.75, 3.05) is 11.3 Å². The Morgan fingerprint density at radius 2 is 1.75 bits per heavy atom. The van der Waals surface area contributed by atoms with Gasteiger partial charge in [-0.25, -0.2) is 12.8 Å². The molecule has 5 nitrogen and oxygen atoms in total. The van der Waals surface area contributed by atoms with E-state index in [-0.39, 0.29) is 16.5 Å². The monoisotopic (exact) mass is 348 g/mol. The van der Waals surface area contributed by atoms with Crippen molar-refractivity contribution in [1.82, 2.24) is 5.32 Å². The van der Waals surface area contributed by atoms with E-state index in [2.05, 4.69) is 10.0 Å². The van der Waals surface area contributed by atoms with Crippen LogP contribution in [0, 0.1) is 11.7 Å². The maximum atomic E-state index is 13.6. The SMILES string of the molecule is O=C(NCC1CC1)c1ccc(S(=O)(=O)Nc2ccccc2F)cc1. The molecule has 0 saturated heterocycles. The summed E-state index contributed by atoms with van der Waals surface area (Å²) < 4.78 is 40.3. The highest BCUT2D eigenvalue weighted by Crippen LogP contribution is 2.27. The normalized spacial score (nSPS) is 14.2. The second kappa shape index (κ2) is 6.60. The number of hydrogen-bond donors (Lipinski definition) is 2. The Morgan fingerprint density at radius 3 is 2.38 bits per heavy atom. The Labute approximate surface area is 139 Å². The molecule has 0 radical (unpaired) electrons. The van der Waals surface area contributed by atoms with Gasteiger partial charge in [0, 0.05) is 12.1 Å². The van der Waals surface area contributed by atoms with Gasteiger partial charge < -0.3 is 5.32 Å². The molecule has 0 heterocycles. The molecule has 0 aromatic heterocycles. The van der Waals surface area contributed by atoms with Crippen molar-refractivity contribution in [2.45, 2.75) is 17.7 Å². The minimum Gasteiger partial charge on any atom is -0.352 e. The Morgan fingerprint density at radius 1 is 1.08 bits per heavy atom. The van der Waals surface area contributed by atoms with Gasteiger partial charge in [-0.1, -0.05) is 12.1 Å². The number of para-hydroxylation sites is 1. The van der Waals surface area contributed by atoms with Crippen LogP contribution in [0.4, 0.5) is 10.1 Å². The maximum absolute atomic E-state index is 13.6. The second-order valence-electron chi connectivity index (χ2n) is 5.76. The lowest BCUT2D eigenvalue weighted by Crippen LogP contribution is -2.25. The summed E-state index contributed by atoms with van der Waals surface area (Å²) in [5.74, 6) is -0.316. The number of carbonyl (C=O) groups excluding carboxylic acids is 1. The fraction of sp³-hybridized carbons (Fsp3) is 0.235. The number of carbonyl (C=O) groups is 1. The van der Waals surface area contributed by atoms with Gasteiger partial charge in [0.05, 0.1) is 10.6 Å². The van der Waals surface area contributed by atoms with Crippen LogP contribution < -0.4 is 10.0 Å². The van der Waals surface area contributed by atoms with E-state index in [1.807, 2.05) is 0 Å². The van der Waals surface area contributed by atoms with Crippen LogP contribution in [0.5, 0.6) is 0 Å². The summed E-state index contributed by atoms with van der Waals surface area (Å²) in [6.07, 6.45) is 2.28. The van der Waals surface area contributed by atoms with Gasteiger partial charge in [0.1, 0.15) is 5.82 Å². The first-order valence-corrected chi connectivity index (χ1v) is 9.09. The third-order valence-electron chi connectivity index (χ3n) is 3.79. The number of rotatable bonds is 6. The van der Waals surface area contributed by atoms with Gasteiger partial charge in [0.15, 0.2) is 0 Å². The van der Waals surface area contributed by atoms with E-state index in [4.69, 9.17) is 0 Å². The first-order chi connectivity index (χ1) is 11.5. The summed E-state index contributed by atoms with van der Waals surface area (Å²) >= 11 is 0. The van der Waals surface area contributed by atoms with E-state index in [9.17, 15) is 17.6 Å². The highest BCUT2D eigenvalue weighted by atomic mass is 32.2. The first-order valence-electron chi connectivity index (χ1n) is 7.61. The number of nitrogens with one attached hydrogen (secondary N) is 2. The van der Waals surface area contributed by atoms with Gasteiger partial charge in [-0.3, -0.25) is 9.52 Å². The van der Waals surface area contributed by atoms with Crippen molar-refractivity contribution in [2.24, 2.45) is 5.92 Å². The fourth-order valence-corrected chi connectivity index (χ4v) is 3.26. The summed E-state index contributed by atoms with van der Waals surface area (Å²) in [7, 11) is -3.92. The topological polar surface area (TPSA) is 75.3 Å². The molecule has 126 valence electrons. The molecule has 24 heavy (non-hydrogen) atoms. The van der Waals surface area contributed by atoms with Crippen LogP contribution >= 0.6 is 0 Å². The van der Waals surface area contributed by atoms with Crippen LogP contribution in [-0.4, -0.2) is 20.9 Å². The molecule has 0 spiro atoms. The molecule has 1 fully saturated rings. The Balaban J connectivity index is 1.71. The van der Waals surface area contributed by atoms with Crippen molar-refractivity contribution in [3.05, 3.63) is 59.9 Å². The molecule has 0 atom stereocenters. The van der Waals surface area contributed by atoms with Gasteiger partial charge in [-0.15, -0.1) is 0 Å². The van der Waals surface area contributed by atoms with Gasteiger partial charge >= 0.3 is 0 Å². The first kappa shape index (κ1) is 16.4. The number of sulfonamides is 1. The Hall–Kier alpha value is -2.41. The molecule has 3 rings (SSSR count). The van der Waals surface area contributed by atoms with Crippen LogP contribution in [0.2, 0.25) is 0 Å². The zero-order valence-corrected chi connectivity index (χ0v) is 13.6. The van der Waals surface area contributed by atoms with E-state index in [1.165, 1.54) is 48.5 Å². The number of benzene rings is 2. The van der Waals surface area contributed by atoms with Gasteiger partial charge in [-0.2, -0.15) is 0 Å². The molecule has 7 heteroatoms. The molecular weight excluding hydrogens is 331 g/mol. The molecule has 0 aliphatic heterocycles. The van der Waals surface area contributed by atoms with E-state index in [0.29, 0.717) is 18.0 Å². The lowest BCUT2D eigenvalue weighted by molar-refractivity contribution is 0.0951. The van der Waals surface area contributed by atoms with E-state index in [0.717, 1.165) is 12.8 Å². The molecular formula is C17H17FN2O3S. The lowest BCUT2D eigenvalue weighted by Gasteiger charge is -2.09. The van der Waals surface area contributed by atoms with Crippen LogP contribution in [0.3, 0.4) is 0 Å². The molecule has 1 aliphatic carbocycles.